The summed E-state index contributed by atoms with van der Waals surface area (Å²) < 4.78 is 18.8. The smallest absolute Gasteiger partial charge is 0.345 e. The molecule has 2 aromatic rings. The van der Waals surface area contributed by atoms with Crippen LogP contribution >= 0.6 is 11.3 Å². The average molecular weight is 295 g/mol. The van der Waals surface area contributed by atoms with Gasteiger partial charge in [0.1, 0.15) is 23.1 Å². The topological polar surface area (TPSA) is 89.6 Å². The van der Waals surface area contributed by atoms with Crippen molar-refractivity contribution in [1.82, 2.24) is 0 Å². The van der Waals surface area contributed by atoms with Crippen molar-refractivity contribution in [2.75, 3.05) is 0 Å². The lowest BCUT2D eigenvalue weighted by molar-refractivity contribution is 0.0702. The molecule has 0 unspecified atom stereocenters. The van der Waals surface area contributed by atoms with Crippen LogP contribution in [-0.2, 0) is 6.61 Å². The van der Waals surface area contributed by atoms with Crippen molar-refractivity contribution in [2.45, 2.75) is 6.61 Å². The number of halogens is 1. The summed E-state index contributed by atoms with van der Waals surface area (Å²) in [6.45, 7) is 0.118. The van der Waals surface area contributed by atoms with Crippen LogP contribution in [0, 0.1) is 5.82 Å². The SMILES string of the molecule is NC(=O)c1ccc(OCc2ccc(C(=O)O)s2)cc1F. The quantitative estimate of drug-likeness (QED) is 0.885. The molecule has 5 nitrogen and oxygen atoms in total. The maximum atomic E-state index is 13.5. The summed E-state index contributed by atoms with van der Waals surface area (Å²) in [7, 11) is 0. The van der Waals surface area contributed by atoms with Gasteiger partial charge in [-0.25, -0.2) is 9.18 Å². The number of carbonyl (C=O) groups excluding carboxylic acids is 1. The number of rotatable bonds is 5. The molecule has 7 heteroatoms. The van der Waals surface area contributed by atoms with Crippen molar-refractivity contribution >= 4 is 23.2 Å². The molecule has 1 amide bonds. The van der Waals surface area contributed by atoms with Gasteiger partial charge in [0.15, 0.2) is 0 Å². The number of carboxylic acid groups (broad SMARTS) is 1. The number of nitrogens with two attached hydrogens (primary N) is 1. The summed E-state index contributed by atoms with van der Waals surface area (Å²) in [5.74, 6) is -2.37. The predicted octanol–water partition coefficient (Wildman–Crippen LogP) is 2.26. The zero-order chi connectivity index (χ0) is 14.7. The molecule has 2 rings (SSSR count). The number of carbonyl (C=O) groups is 2. The number of benzene rings is 1. The Labute approximate surface area is 117 Å². The van der Waals surface area contributed by atoms with Crippen LogP contribution in [0.2, 0.25) is 0 Å². The fourth-order valence-electron chi connectivity index (χ4n) is 1.51. The molecule has 0 saturated heterocycles. The molecule has 0 aliphatic carbocycles. The van der Waals surface area contributed by atoms with Crippen LogP contribution in [-0.4, -0.2) is 17.0 Å². The summed E-state index contributed by atoms with van der Waals surface area (Å²) in [4.78, 5) is 22.5. The van der Waals surface area contributed by atoms with Gasteiger partial charge >= 0.3 is 5.97 Å². The van der Waals surface area contributed by atoms with Crippen molar-refractivity contribution < 1.29 is 23.8 Å². The van der Waals surface area contributed by atoms with Crippen molar-refractivity contribution in [3.8, 4) is 5.75 Å². The third kappa shape index (κ3) is 3.12. The molecule has 20 heavy (non-hydrogen) atoms. The van der Waals surface area contributed by atoms with Gasteiger partial charge in [0.2, 0.25) is 0 Å². The van der Waals surface area contributed by atoms with Crippen molar-refractivity contribution in [3.63, 3.8) is 0 Å². The van der Waals surface area contributed by atoms with Gasteiger partial charge in [-0.05, 0) is 24.3 Å². The molecular formula is C13H10FNO4S. The Balaban J connectivity index is 2.05. The number of primary amides is 1. The molecule has 0 atom stereocenters. The maximum Gasteiger partial charge on any atom is 0.345 e. The Morgan fingerprint density at radius 3 is 2.60 bits per heavy atom. The van der Waals surface area contributed by atoms with Gasteiger partial charge in [0, 0.05) is 10.9 Å². The molecule has 0 spiro atoms. The largest absolute Gasteiger partial charge is 0.488 e. The Kier molecular flexibility index (Phi) is 3.99. The highest BCUT2D eigenvalue weighted by atomic mass is 32.1. The van der Waals surface area contributed by atoms with E-state index in [-0.39, 0.29) is 22.8 Å². The number of thiophene rings is 1. The van der Waals surface area contributed by atoms with Crippen LogP contribution in [0.25, 0.3) is 0 Å². The van der Waals surface area contributed by atoms with E-state index in [1.165, 1.54) is 18.2 Å². The molecule has 104 valence electrons. The minimum absolute atomic E-state index is 0.118. The molecule has 1 aromatic carbocycles. The third-order valence-electron chi connectivity index (χ3n) is 2.46. The van der Waals surface area contributed by atoms with Gasteiger partial charge in [0.05, 0.1) is 5.56 Å². The summed E-state index contributed by atoms with van der Waals surface area (Å²) in [6, 6.07) is 6.83. The van der Waals surface area contributed by atoms with E-state index < -0.39 is 17.7 Å². The van der Waals surface area contributed by atoms with Crippen molar-refractivity contribution in [2.24, 2.45) is 5.73 Å². The number of hydrogen-bond donors (Lipinski definition) is 2. The van der Waals surface area contributed by atoms with Crippen LogP contribution < -0.4 is 10.5 Å². The third-order valence-corrected chi connectivity index (χ3v) is 3.51. The summed E-state index contributed by atoms with van der Waals surface area (Å²) >= 11 is 1.08. The minimum atomic E-state index is -1.00. The first-order valence-corrected chi connectivity index (χ1v) is 6.33. The van der Waals surface area contributed by atoms with Crippen LogP contribution in [0.4, 0.5) is 4.39 Å². The van der Waals surface area contributed by atoms with Gasteiger partial charge in [-0.3, -0.25) is 4.79 Å². The zero-order valence-electron chi connectivity index (χ0n) is 10.1. The van der Waals surface area contributed by atoms with E-state index in [1.54, 1.807) is 6.07 Å². The van der Waals surface area contributed by atoms with Gasteiger partial charge in [-0.15, -0.1) is 11.3 Å². The first kappa shape index (κ1) is 14.0. The van der Waals surface area contributed by atoms with Gasteiger partial charge < -0.3 is 15.6 Å². The lowest BCUT2D eigenvalue weighted by Crippen LogP contribution is -2.13. The number of aromatic carboxylic acids is 1. The van der Waals surface area contributed by atoms with E-state index in [1.807, 2.05) is 0 Å². The molecule has 0 radical (unpaired) electrons. The minimum Gasteiger partial charge on any atom is -0.488 e. The molecule has 0 fully saturated rings. The molecule has 0 aliphatic heterocycles. The van der Waals surface area contributed by atoms with Crippen LogP contribution in [0.15, 0.2) is 30.3 Å². The van der Waals surface area contributed by atoms with Gasteiger partial charge in [-0.2, -0.15) is 0 Å². The molecule has 0 saturated carbocycles. The first-order valence-electron chi connectivity index (χ1n) is 5.51. The molecular weight excluding hydrogens is 285 g/mol. The molecule has 3 N–H and O–H groups in total. The second kappa shape index (κ2) is 5.70. The van der Waals surface area contributed by atoms with E-state index in [9.17, 15) is 14.0 Å². The normalized spacial score (nSPS) is 10.2. The fraction of sp³-hybridized carbons (Fsp3) is 0.0769. The molecule has 0 aliphatic rings. The van der Waals surface area contributed by atoms with Crippen molar-refractivity contribution in [1.29, 1.82) is 0 Å². The Morgan fingerprint density at radius 1 is 1.30 bits per heavy atom. The van der Waals surface area contributed by atoms with E-state index in [4.69, 9.17) is 15.6 Å². The first-order chi connectivity index (χ1) is 9.47. The van der Waals surface area contributed by atoms with Crippen LogP contribution in [0.1, 0.15) is 24.9 Å². The Bertz CT molecular complexity index is 668. The lowest BCUT2D eigenvalue weighted by Gasteiger charge is -2.06. The van der Waals surface area contributed by atoms with Crippen molar-refractivity contribution in [3.05, 3.63) is 51.5 Å². The summed E-state index contributed by atoms with van der Waals surface area (Å²) in [5, 5.41) is 8.78. The number of hydrogen-bond acceptors (Lipinski definition) is 4. The molecule has 0 bridgehead atoms. The second-order valence-electron chi connectivity index (χ2n) is 3.87. The van der Waals surface area contributed by atoms with Crippen LogP contribution in [0.3, 0.4) is 0 Å². The number of carboxylic acids is 1. The van der Waals surface area contributed by atoms with Crippen LogP contribution in [0.5, 0.6) is 5.75 Å². The number of ether oxygens (including phenoxy) is 1. The Morgan fingerprint density at radius 2 is 2.05 bits per heavy atom. The molecule has 1 aromatic heterocycles. The predicted molar refractivity (Wildman–Crippen MR) is 70.5 cm³/mol. The van der Waals surface area contributed by atoms with E-state index in [2.05, 4.69) is 0 Å². The maximum absolute atomic E-state index is 13.5. The molecule has 1 heterocycles. The highest BCUT2D eigenvalue weighted by Gasteiger charge is 2.10. The second-order valence-corrected chi connectivity index (χ2v) is 5.03. The highest BCUT2D eigenvalue weighted by Crippen LogP contribution is 2.21. The van der Waals surface area contributed by atoms with Gasteiger partial charge in [-0.1, -0.05) is 0 Å². The lowest BCUT2D eigenvalue weighted by atomic mass is 10.2. The summed E-state index contributed by atoms with van der Waals surface area (Å²) in [6.07, 6.45) is 0. The fourth-order valence-corrected chi connectivity index (χ4v) is 2.27. The van der Waals surface area contributed by atoms with E-state index in [0.29, 0.717) is 4.88 Å². The number of amides is 1. The Hall–Kier alpha value is -2.41. The summed E-state index contributed by atoms with van der Waals surface area (Å²) in [5.41, 5.74) is 4.78. The van der Waals surface area contributed by atoms with Gasteiger partial charge in [0.25, 0.3) is 5.91 Å². The standard InChI is InChI=1S/C13H10FNO4S/c14-10-5-7(1-3-9(10)12(15)16)19-6-8-2-4-11(20-8)13(17)18/h1-5H,6H2,(H2,15,16)(H,17,18). The average Bonchev–Trinajstić information content (AvgIpc) is 2.85. The highest BCUT2D eigenvalue weighted by molar-refractivity contribution is 7.13. The zero-order valence-corrected chi connectivity index (χ0v) is 10.9. The monoisotopic (exact) mass is 295 g/mol. The van der Waals surface area contributed by atoms with E-state index >= 15 is 0 Å². The van der Waals surface area contributed by atoms with E-state index in [0.717, 1.165) is 17.4 Å².